The molecule has 7 nitrogen and oxygen atoms in total. The van der Waals surface area contributed by atoms with E-state index in [1.54, 1.807) is 44.2 Å². The SMILES string of the molecule is Cc1cccc(NC(=O)CN2C(=O)NC(=Cc3cc(C)c(O)c(C)c3)C2=O)c1. The summed E-state index contributed by atoms with van der Waals surface area (Å²) in [5, 5.41) is 15.0. The van der Waals surface area contributed by atoms with Crippen molar-refractivity contribution in [3.05, 3.63) is 64.3 Å². The van der Waals surface area contributed by atoms with E-state index in [0.717, 1.165) is 10.5 Å². The molecule has 2 aromatic carbocycles. The number of imide groups is 1. The monoisotopic (exact) mass is 379 g/mol. The number of phenolic OH excluding ortho intramolecular Hbond substituents is 1. The number of anilines is 1. The summed E-state index contributed by atoms with van der Waals surface area (Å²) < 4.78 is 0. The molecule has 1 saturated heterocycles. The summed E-state index contributed by atoms with van der Waals surface area (Å²) in [6, 6.07) is 10.0. The zero-order valence-electron chi connectivity index (χ0n) is 15.9. The smallest absolute Gasteiger partial charge is 0.329 e. The predicted octanol–water partition coefficient (Wildman–Crippen LogP) is 2.85. The largest absolute Gasteiger partial charge is 0.507 e. The van der Waals surface area contributed by atoms with Crippen LogP contribution in [0, 0.1) is 20.8 Å². The van der Waals surface area contributed by atoms with Gasteiger partial charge in [0.2, 0.25) is 5.91 Å². The molecule has 144 valence electrons. The van der Waals surface area contributed by atoms with E-state index in [9.17, 15) is 19.5 Å². The fourth-order valence-corrected chi connectivity index (χ4v) is 3.02. The van der Waals surface area contributed by atoms with Gasteiger partial charge >= 0.3 is 6.03 Å². The molecule has 4 amide bonds. The van der Waals surface area contributed by atoms with Crippen LogP contribution in [-0.4, -0.2) is 34.4 Å². The highest BCUT2D eigenvalue weighted by Crippen LogP contribution is 2.24. The van der Waals surface area contributed by atoms with Crippen LogP contribution in [0.3, 0.4) is 0 Å². The standard InChI is InChI=1S/C21H21N3O4/c1-12-5-4-6-16(7-12)22-18(25)11-24-20(27)17(23-21(24)28)10-15-8-13(2)19(26)14(3)9-15/h4-10,26H,11H2,1-3H3,(H,22,25)(H,23,28). The molecular formula is C21H21N3O4. The number of nitrogens with zero attached hydrogens (tertiary/aromatic N) is 1. The highest BCUT2D eigenvalue weighted by Gasteiger charge is 2.34. The lowest BCUT2D eigenvalue weighted by atomic mass is 10.0. The van der Waals surface area contributed by atoms with E-state index in [1.165, 1.54) is 6.08 Å². The number of carbonyl (C=O) groups excluding carboxylic acids is 3. The Morgan fingerprint density at radius 2 is 1.82 bits per heavy atom. The third-order valence-electron chi connectivity index (χ3n) is 4.39. The second-order valence-corrected chi connectivity index (χ2v) is 6.80. The van der Waals surface area contributed by atoms with E-state index in [2.05, 4.69) is 10.6 Å². The van der Waals surface area contributed by atoms with E-state index in [4.69, 9.17) is 0 Å². The zero-order valence-corrected chi connectivity index (χ0v) is 15.9. The minimum atomic E-state index is -0.650. The molecule has 0 saturated carbocycles. The van der Waals surface area contributed by atoms with Gasteiger partial charge in [-0.05, 0) is 73.4 Å². The van der Waals surface area contributed by atoms with Crippen LogP contribution < -0.4 is 10.6 Å². The summed E-state index contributed by atoms with van der Waals surface area (Å²) in [5.41, 5.74) is 3.66. The molecule has 3 rings (SSSR count). The van der Waals surface area contributed by atoms with Crippen molar-refractivity contribution in [1.29, 1.82) is 0 Å². The van der Waals surface area contributed by atoms with Crippen LogP contribution in [0.25, 0.3) is 6.08 Å². The number of carbonyl (C=O) groups is 3. The average Bonchev–Trinajstić information content (AvgIpc) is 2.87. The Labute approximate surface area is 162 Å². The van der Waals surface area contributed by atoms with E-state index in [0.29, 0.717) is 22.4 Å². The molecule has 0 aromatic heterocycles. The lowest BCUT2D eigenvalue weighted by Gasteiger charge is -2.12. The molecule has 0 unspecified atom stereocenters. The van der Waals surface area contributed by atoms with Crippen LogP contribution in [0.1, 0.15) is 22.3 Å². The molecule has 0 bridgehead atoms. The normalized spacial score (nSPS) is 15.1. The number of amides is 4. The molecule has 0 atom stereocenters. The molecule has 1 aliphatic rings. The van der Waals surface area contributed by atoms with E-state index < -0.39 is 17.8 Å². The first-order valence-corrected chi connectivity index (χ1v) is 8.76. The molecule has 0 radical (unpaired) electrons. The number of rotatable bonds is 4. The van der Waals surface area contributed by atoms with Gasteiger partial charge in [0.25, 0.3) is 5.91 Å². The van der Waals surface area contributed by atoms with Gasteiger partial charge in [0, 0.05) is 5.69 Å². The number of benzene rings is 2. The molecule has 2 aromatic rings. The Morgan fingerprint density at radius 3 is 2.46 bits per heavy atom. The minimum Gasteiger partial charge on any atom is -0.507 e. The summed E-state index contributed by atoms with van der Waals surface area (Å²) in [6.07, 6.45) is 1.53. The average molecular weight is 379 g/mol. The van der Waals surface area contributed by atoms with Crippen molar-refractivity contribution in [2.45, 2.75) is 20.8 Å². The van der Waals surface area contributed by atoms with Gasteiger partial charge in [-0.1, -0.05) is 12.1 Å². The number of aromatic hydroxyl groups is 1. The Balaban J connectivity index is 1.73. The number of urea groups is 1. The van der Waals surface area contributed by atoms with E-state index in [-0.39, 0.29) is 18.0 Å². The van der Waals surface area contributed by atoms with Crippen molar-refractivity contribution in [2.24, 2.45) is 0 Å². The van der Waals surface area contributed by atoms with Crippen molar-refractivity contribution in [1.82, 2.24) is 10.2 Å². The third-order valence-corrected chi connectivity index (χ3v) is 4.39. The van der Waals surface area contributed by atoms with Gasteiger partial charge in [-0.3, -0.25) is 9.59 Å². The molecule has 7 heteroatoms. The molecular weight excluding hydrogens is 358 g/mol. The highest BCUT2D eigenvalue weighted by molar-refractivity contribution is 6.15. The number of hydrogen-bond donors (Lipinski definition) is 3. The maximum Gasteiger partial charge on any atom is 0.329 e. The third kappa shape index (κ3) is 4.03. The number of nitrogens with one attached hydrogen (secondary N) is 2. The lowest BCUT2D eigenvalue weighted by molar-refractivity contribution is -0.127. The van der Waals surface area contributed by atoms with Crippen molar-refractivity contribution in [3.8, 4) is 5.75 Å². The summed E-state index contributed by atoms with van der Waals surface area (Å²) in [6.45, 7) is 5.02. The second-order valence-electron chi connectivity index (χ2n) is 6.80. The van der Waals surface area contributed by atoms with Crippen molar-refractivity contribution < 1.29 is 19.5 Å². The van der Waals surface area contributed by atoms with Gasteiger partial charge in [0.15, 0.2) is 0 Å². The molecule has 0 spiro atoms. The Morgan fingerprint density at radius 1 is 1.14 bits per heavy atom. The first-order chi connectivity index (χ1) is 13.2. The molecule has 1 heterocycles. The van der Waals surface area contributed by atoms with Crippen LogP contribution in [0.15, 0.2) is 42.1 Å². The number of hydrogen-bond acceptors (Lipinski definition) is 4. The van der Waals surface area contributed by atoms with Gasteiger partial charge < -0.3 is 15.7 Å². The summed E-state index contributed by atoms with van der Waals surface area (Å²) in [7, 11) is 0. The van der Waals surface area contributed by atoms with Crippen LogP contribution >= 0.6 is 0 Å². The molecule has 0 aliphatic carbocycles. The lowest BCUT2D eigenvalue weighted by Crippen LogP contribution is -2.38. The maximum absolute atomic E-state index is 12.5. The highest BCUT2D eigenvalue weighted by atomic mass is 16.3. The summed E-state index contributed by atoms with van der Waals surface area (Å²) in [4.78, 5) is 37.8. The van der Waals surface area contributed by atoms with Crippen LogP contribution in [-0.2, 0) is 9.59 Å². The number of aryl methyl sites for hydroxylation is 3. The Kier molecular flexibility index (Phi) is 5.17. The second kappa shape index (κ2) is 7.56. The predicted molar refractivity (Wildman–Crippen MR) is 106 cm³/mol. The maximum atomic E-state index is 12.5. The minimum absolute atomic E-state index is 0.0813. The van der Waals surface area contributed by atoms with Gasteiger partial charge in [-0.25, -0.2) is 9.69 Å². The van der Waals surface area contributed by atoms with Gasteiger partial charge in [-0.2, -0.15) is 0 Å². The van der Waals surface area contributed by atoms with Gasteiger partial charge in [0.05, 0.1) is 0 Å². The van der Waals surface area contributed by atoms with Crippen molar-refractivity contribution >= 4 is 29.6 Å². The Hall–Kier alpha value is -3.61. The van der Waals surface area contributed by atoms with Gasteiger partial charge in [-0.15, -0.1) is 0 Å². The number of phenols is 1. The first-order valence-electron chi connectivity index (χ1n) is 8.76. The summed E-state index contributed by atoms with van der Waals surface area (Å²) >= 11 is 0. The Bertz CT molecular complexity index is 987. The van der Waals surface area contributed by atoms with E-state index in [1.807, 2.05) is 13.0 Å². The fraction of sp³-hybridized carbons (Fsp3) is 0.190. The van der Waals surface area contributed by atoms with Crippen LogP contribution in [0.4, 0.5) is 10.5 Å². The zero-order chi connectivity index (χ0) is 20.4. The van der Waals surface area contributed by atoms with Gasteiger partial charge in [0.1, 0.15) is 18.0 Å². The molecule has 28 heavy (non-hydrogen) atoms. The molecule has 1 fully saturated rings. The molecule has 3 N–H and O–H groups in total. The van der Waals surface area contributed by atoms with Crippen molar-refractivity contribution in [3.63, 3.8) is 0 Å². The summed E-state index contributed by atoms with van der Waals surface area (Å²) in [5.74, 6) is -0.849. The first kappa shape index (κ1) is 19.2. The molecule has 1 aliphatic heterocycles. The fourth-order valence-electron chi connectivity index (χ4n) is 3.02. The topological polar surface area (TPSA) is 98.7 Å². The van der Waals surface area contributed by atoms with Crippen molar-refractivity contribution in [2.75, 3.05) is 11.9 Å². The van der Waals surface area contributed by atoms with E-state index >= 15 is 0 Å². The van der Waals surface area contributed by atoms with Crippen LogP contribution in [0.5, 0.6) is 5.75 Å². The van der Waals surface area contributed by atoms with Crippen LogP contribution in [0.2, 0.25) is 0 Å². The quantitative estimate of drug-likeness (QED) is 0.562.